The molecule has 3 heterocycles. The number of piperidine rings is 1. The Labute approximate surface area is 103 Å². The van der Waals surface area contributed by atoms with Gasteiger partial charge in [0.25, 0.3) is 5.91 Å². The second-order valence-corrected chi connectivity index (χ2v) is 5.64. The van der Waals surface area contributed by atoms with Gasteiger partial charge in [0, 0.05) is 25.2 Å². The molecule has 0 aliphatic carbocycles. The summed E-state index contributed by atoms with van der Waals surface area (Å²) in [4.78, 5) is 14.2. The standard InChI is InChI=1S/C13H22N2O2/c16-12(11-3-1-10-17-11)15-8-5-13(6-9-15)4-2-7-14-13/h11,14H,1-10H2/t11-/m0/s1. The van der Waals surface area contributed by atoms with Gasteiger partial charge in [0.1, 0.15) is 6.10 Å². The third-order valence-electron chi connectivity index (χ3n) is 4.57. The van der Waals surface area contributed by atoms with E-state index in [0.29, 0.717) is 5.54 Å². The van der Waals surface area contributed by atoms with E-state index in [1.165, 1.54) is 12.8 Å². The number of likely N-dealkylation sites (tertiary alicyclic amines) is 1. The molecule has 1 N–H and O–H groups in total. The van der Waals surface area contributed by atoms with Crippen molar-refractivity contribution in [2.75, 3.05) is 26.2 Å². The maximum atomic E-state index is 12.2. The van der Waals surface area contributed by atoms with Crippen LogP contribution in [0.2, 0.25) is 0 Å². The summed E-state index contributed by atoms with van der Waals surface area (Å²) >= 11 is 0. The topological polar surface area (TPSA) is 41.6 Å². The lowest BCUT2D eigenvalue weighted by molar-refractivity contribution is -0.142. The fourth-order valence-electron chi connectivity index (χ4n) is 3.43. The minimum Gasteiger partial charge on any atom is -0.368 e. The molecule has 96 valence electrons. The first kappa shape index (κ1) is 11.5. The average Bonchev–Trinajstić information content (AvgIpc) is 3.01. The second-order valence-electron chi connectivity index (χ2n) is 5.64. The van der Waals surface area contributed by atoms with Crippen molar-refractivity contribution in [3.8, 4) is 0 Å². The first-order valence-electron chi connectivity index (χ1n) is 6.95. The summed E-state index contributed by atoms with van der Waals surface area (Å²) in [6.07, 6.45) is 6.63. The van der Waals surface area contributed by atoms with Gasteiger partial charge >= 0.3 is 0 Å². The Bertz CT molecular complexity index is 284. The molecule has 3 fully saturated rings. The molecule has 0 aromatic carbocycles. The second kappa shape index (κ2) is 4.58. The van der Waals surface area contributed by atoms with Crippen LogP contribution in [-0.2, 0) is 9.53 Å². The molecule has 4 heteroatoms. The molecule has 0 bridgehead atoms. The van der Waals surface area contributed by atoms with Gasteiger partial charge in [-0.3, -0.25) is 4.79 Å². The van der Waals surface area contributed by atoms with Crippen LogP contribution in [-0.4, -0.2) is 48.7 Å². The van der Waals surface area contributed by atoms with Crippen molar-refractivity contribution in [1.82, 2.24) is 10.2 Å². The van der Waals surface area contributed by atoms with Crippen LogP contribution in [0.1, 0.15) is 38.5 Å². The van der Waals surface area contributed by atoms with E-state index < -0.39 is 0 Å². The Hall–Kier alpha value is -0.610. The smallest absolute Gasteiger partial charge is 0.251 e. The number of nitrogens with one attached hydrogen (secondary N) is 1. The van der Waals surface area contributed by atoms with Crippen molar-refractivity contribution in [3.05, 3.63) is 0 Å². The van der Waals surface area contributed by atoms with Gasteiger partial charge in [-0.1, -0.05) is 0 Å². The normalized spacial score (nSPS) is 32.2. The molecule has 0 radical (unpaired) electrons. The highest BCUT2D eigenvalue weighted by atomic mass is 16.5. The zero-order valence-electron chi connectivity index (χ0n) is 10.4. The third-order valence-corrected chi connectivity index (χ3v) is 4.57. The molecule has 0 aromatic rings. The van der Waals surface area contributed by atoms with Crippen molar-refractivity contribution in [2.24, 2.45) is 0 Å². The van der Waals surface area contributed by atoms with Crippen LogP contribution in [0.4, 0.5) is 0 Å². The highest BCUT2D eigenvalue weighted by Crippen LogP contribution is 2.31. The highest BCUT2D eigenvalue weighted by Gasteiger charge is 2.39. The number of amides is 1. The number of carbonyl (C=O) groups excluding carboxylic acids is 1. The van der Waals surface area contributed by atoms with Crippen molar-refractivity contribution in [2.45, 2.75) is 50.2 Å². The Morgan fingerprint density at radius 3 is 2.65 bits per heavy atom. The number of carbonyl (C=O) groups is 1. The van der Waals surface area contributed by atoms with Crippen LogP contribution >= 0.6 is 0 Å². The minimum atomic E-state index is -0.138. The van der Waals surface area contributed by atoms with Gasteiger partial charge in [-0.25, -0.2) is 0 Å². The molecule has 3 aliphatic heterocycles. The van der Waals surface area contributed by atoms with E-state index in [2.05, 4.69) is 5.32 Å². The van der Waals surface area contributed by atoms with E-state index in [-0.39, 0.29) is 12.0 Å². The van der Waals surface area contributed by atoms with Gasteiger partial charge in [-0.05, 0) is 45.1 Å². The predicted octanol–water partition coefficient (Wildman–Crippen LogP) is 0.910. The number of hydrogen-bond donors (Lipinski definition) is 1. The van der Waals surface area contributed by atoms with Crippen LogP contribution in [0.15, 0.2) is 0 Å². The summed E-state index contributed by atoms with van der Waals surface area (Å²) < 4.78 is 5.48. The lowest BCUT2D eigenvalue weighted by atomic mass is 9.86. The molecule has 17 heavy (non-hydrogen) atoms. The molecule has 3 rings (SSSR count). The summed E-state index contributed by atoms with van der Waals surface area (Å²) in [5.74, 6) is 0.232. The molecule has 3 saturated heterocycles. The van der Waals surface area contributed by atoms with Crippen LogP contribution in [0.3, 0.4) is 0 Å². The molecule has 0 aromatic heterocycles. The first-order valence-corrected chi connectivity index (χ1v) is 6.95. The Morgan fingerprint density at radius 1 is 1.24 bits per heavy atom. The Balaban J connectivity index is 1.55. The van der Waals surface area contributed by atoms with Gasteiger partial charge in [-0.15, -0.1) is 0 Å². The summed E-state index contributed by atoms with van der Waals surface area (Å²) in [6, 6.07) is 0. The number of rotatable bonds is 1. The van der Waals surface area contributed by atoms with E-state index in [1.54, 1.807) is 0 Å². The van der Waals surface area contributed by atoms with Gasteiger partial charge in [0.15, 0.2) is 0 Å². The van der Waals surface area contributed by atoms with Crippen LogP contribution in [0, 0.1) is 0 Å². The van der Waals surface area contributed by atoms with E-state index >= 15 is 0 Å². The molecule has 1 spiro atoms. The fraction of sp³-hybridized carbons (Fsp3) is 0.923. The van der Waals surface area contributed by atoms with Crippen molar-refractivity contribution >= 4 is 5.91 Å². The lowest BCUT2D eigenvalue weighted by Gasteiger charge is -2.40. The summed E-state index contributed by atoms with van der Waals surface area (Å²) in [5, 5.41) is 3.63. The zero-order chi connectivity index (χ0) is 11.7. The predicted molar refractivity (Wildman–Crippen MR) is 64.8 cm³/mol. The quantitative estimate of drug-likeness (QED) is 0.738. The molecule has 1 atom stereocenters. The summed E-state index contributed by atoms with van der Waals surface area (Å²) in [5.41, 5.74) is 0.354. The molecule has 4 nitrogen and oxygen atoms in total. The molecule has 3 aliphatic rings. The van der Waals surface area contributed by atoms with Gasteiger partial charge in [0.2, 0.25) is 0 Å². The summed E-state index contributed by atoms with van der Waals surface area (Å²) in [7, 11) is 0. The number of hydrogen-bond acceptors (Lipinski definition) is 3. The molecular formula is C13H22N2O2. The maximum absolute atomic E-state index is 12.2. The van der Waals surface area contributed by atoms with Crippen LogP contribution in [0.5, 0.6) is 0 Å². The van der Waals surface area contributed by atoms with Gasteiger partial charge in [-0.2, -0.15) is 0 Å². The Kier molecular flexibility index (Phi) is 3.09. The minimum absolute atomic E-state index is 0.138. The number of ether oxygens (including phenoxy) is 1. The van der Waals surface area contributed by atoms with E-state index in [4.69, 9.17) is 4.74 Å². The average molecular weight is 238 g/mol. The third kappa shape index (κ3) is 2.20. The highest BCUT2D eigenvalue weighted by molar-refractivity contribution is 5.81. The van der Waals surface area contributed by atoms with Crippen LogP contribution < -0.4 is 5.32 Å². The fourth-order valence-corrected chi connectivity index (χ4v) is 3.43. The first-order chi connectivity index (χ1) is 8.29. The molecule has 0 unspecified atom stereocenters. The monoisotopic (exact) mass is 238 g/mol. The van der Waals surface area contributed by atoms with Gasteiger partial charge < -0.3 is 15.0 Å². The largest absolute Gasteiger partial charge is 0.368 e. The van der Waals surface area contributed by atoms with E-state index in [1.807, 2.05) is 4.90 Å². The Morgan fingerprint density at radius 2 is 2.06 bits per heavy atom. The molecule has 0 saturated carbocycles. The van der Waals surface area contributed by atoms with Crippen LogP contribution in [0.25, 0.3) is 0 Å². The van der Waals surface area contributed by atoms with Crippen molar-refractivity contribution in [1.29, 1.82) is 0 Å². The summed E-state index contributed by atoms with van der Waals surface area (Å²) in [6.45, 7) is 3.73. The van der Waals surface area contributed by atoms with Crippen molar-refractivity contribution < 1.29 is 9.53 Å². The number of nitrogens with zero attached hydrogens (tertiary/aromatic N) is 1. The van der Waals surface area contributed by atoms with E-state index in [9.17, 15) is 4.79 Å². The van der Waals surface area contributed by atoms with Crippen molar-refractivity contribution in [3.63, 3.8) is 0 Å². The zero-order valence-corrected chi connectivity index (χ0v) is 10.4. The maximum Gasteiger partial charge on any atom is 0.251 e. The van der Waals surface area contributed by atoms with E-state index in [0.717, 1.165) is 51.9 Å². The SMILES string of the molecule is O=C([C@@H]1CCCO1)N1CCC2(CCCN2)CC1. The lowest BCUT2D eigenvalue weighted by Crippen LogP contribution is -2.53. The molecule has 1 amide bonds. The molecular weight excluding hydrogens is 216 g/mol. The van der Waals surface area contributed by atoms with Gasteiger partial charge in [0.05, 0.1) is 0 Å².